The molecule has 0 amide bonds. The summed E-state index contributed by atoms with van der Waals surface area (Å²) in [5.74, 6) is 0.476. The summed E-state index contributed by atoms with van der Waals surface area (Å²) in [6.07, 6.45) is 15.8. The summed E-state index contributed by atoms with van der Waals surface area (Å²) >= 11 is 0. The monoisotopic (exact) mass is 472 g/mol. The van der Waals surface area contributed by atoms with Crippen LogP contribution in [0.1, 0.15) is 68.9 Å². The quantitative estimate of drug-likeness (QED) is 0.225. The maximum Gasteiger partial charge on any atom is 0.262 e. The molecule has 6 nitrogen and oxygen atoms in total. The van der Waals surface area contributed by atoms with Crippen LogP contribution in [-0.4, -0.2) is 14.4 Å². The van der Waals surface area contributed by atoms with E-state index in [1.54, 1.807) is 0 Å². The zero-order valence-corrected chi connectivity index (χ0v) is 20.4. The third-order valence-electron chi connectivity index (χ3n) is 5.58. The number of hydrogen-bond donors (Lipinski definition) is 2. The first-order valence-electron chi connectivity index (χ1n) is 11.8. The van der Waals surface area contributed by atoms with Gasteiger partial charge in [0.2, 0.25) is 6.33 Å². The molecular weight excluding hydrogens is 435 g/mol. The molecule has 2 N–H and O–H groups in total. The van der Waals surface area contributed by atoms with Crippen LogP contribution < -0.4 is 9.46 Å². The van der Waals surface area contributed by atoms with Crippen LogP contribution in [0.25, 0.3) is 0 Å². The lowest BCUT2D eigenvalue weighted by Crippen LogP contribution is -2.31. The first-order chi connectivity index (χ1) is 15.9. The van der Waals surface area contributed by atoms with Crippen LogP contribution in [0, 0.1) is 0 Å². The SMILES string of the molecule is CCCCCCCn1cc[n+](CCCC(c2ccccc2)c2ccccc2)c1.O=P([O-])(O)O. The molecule has 180 valence electrons. The molecule has 0 bridgehead atoms. The Bertz CT molecular complexity index is 893. The van der Waals surface area contributed by atoms with Crippen molar-refractivity contribution in [1.82, 2.24) is 4.57 Å². The summed E-state index contributed by atoms with van der Waals surface area (Å²) in [6, 6.07) is 21.9. The van der Waals surface area contributed by atoms with Crippen molar-refractivity contribution in [3.8, 4) is 0 Å². The van der Waals surface area contributed by atoms with Gasteiger partial charge in [-0.15, -0.1) is 0 Å². The Morgan fingerprint density at radius 3 is 2.00 bits per heavy atom. The van der Waals surface area contributed by atoms with Crippen molar-refractivity contribution in [3.63, 3.8) is 0 Å². The predicted molar refractivity (Wildman–Crippen MR) is 129 cm³/mol. The summed E-state index contributed by atoms with van der Waals surface area (Å²) in [5.41, 5.74) is 2.84. The number of benzene rings is 2. The summed E-state index contributed by atoms with van der Waals surface area (Å²) in [4.78, 5) is 22.9. The minimum Gasteiger partial charge on any atom is -0.756 e. The molecule has 0 aliphatic heterocycles. The molecule has 0 aliphatic carbocycles. The lowest BCUT2D eigenvalue weighted by Gasteiger charge is -2.17. The van der Waals surface area contributed by atoms with E-state index in [9.17, 15) is 0 Å². The van der Waals surface area contributed by atoms with Crippen LogP contribution in [-0.2, 0) is 17.7 Å². The Hall–Kier alpha value is -2.24. The van der Waals surface area contributed by atoms with Crippen molar-refractivity contribution >= 4 is 7.82 Å². The molecule has 1 aromatic heterocycles. The molecule has 3 rings (SSSR count). The largest absolute Gasteiger partial charge is 0.756 e. The smallest absolute Gasteiger partial charge is 0.262 e. The highest BCUT2D eigenvalue weighted by molar-refractivity contribution is 7.43. The van der Waals surface area contributed by atoms with E-state index >= 15 is 0 Å². The van der Waals surface area contributed by atoms with Gasteiger partial charge in [0.05, 0.1) is 13.1 Å². The number of rotatable bonds is 12. The van der Waals surface area contributed by atoms with Gasteiger partial charge < -0.3 is 14.7 Å². The van der Waals surface area contributed by atoms with Gasteiger partial charge in [-0.25, -0.2) is 9.13 Å². The average molecular weight is 473 g/mol. The van der Waals surface area contributed by atoms with Crippen molar-refractivity contribution in [2.24, 2.45) is 0 Å². The summed E-state index contributed by atoms with van der Waals surface area (Å²) < 4.78 is 13.5. The Kier molecular flexibility index (Phi) is 12.1. The molecule has 0 unspecified atom stereocenters. The molecule has 0 fully saturated rings. The first-order valence-corrected chi connectivity index (χ1v) is 13.3. The Balaban J connectivity index is 0.000000696. The van der Waals surface area contributed by atoms with Gasteiger partial charge >= 0.3 is 0 Å². The topological polar surface area (TPSA) is 89.4 Å². The van der Waals surface area contributed by atoms with Gasteiger partial charge in [0.1, 0.15) is 12.4 Å². The van der Waals surface area contributed by atoms with Crippen LogP contribution >= 0.6 is 7.82 Å². The number of nitrogens with zero attached hydrogens (tertiary/aromatic N) is 2. The number of aryl methyl sites for hydroxylation is 2. The fourth-order valence-electron chi connectivity index (χ4n) is 3.98. The van der Waals surface area contributed by atoms with Crippen LogP contribution in [0.3, 0.4) is 0 Å². The van der Waals surface area contributed by atoms with Gasteiger partial charge in [-0.2, -0.15) is 0 Å². The average Bonchev–Trinajstić information content (AvgIpc) is 3.24. The van der Waals surface area contributed by atoms with Gasteiger partial charge in [0.25, 0.3) is 7.82 Å². The van der Waals surface area contributed by atoms with Crippen molar-refractivity contribution in [2.45, 2.75) is 70.9 Å². The Morgan fingerprint density at radius 1 is 0.909 bits per heavy atom. The van der Waals surface area contributed by atoms with Gasteiger partial charge in [-0.05, 0) is 36.8 Å². The molecule has 1 heterocycles. The molecule has 0 radical (unpaired) electrons. The van der Waals surface area contributed by atoms with Crippen molar-refractivity contribution in [3.05, 3.63) is 90.5 Å². The fourth-order valence-corrected chi connectivity index (χ4v) is 3.98. The maximum absolute atomic E-state index is 8.77. The first kappa shape index (κ1) is 27.0. The number of aromatic nitrogens is 2. The Morgan fingerprint density at radius 2 is 1.45 bits per heavy atom. The van der Waals surface area contributed by atoms with E-state index in [4.69, 9.17) is 19.2 Å². The highest BCUT2D eigenvalue weighted by Crippen LogP contribution is 2.28. The molecule has 0 aliphatic rings. The van der Waals surface area contributed by atoms with Gasteiger partial charge in [0, 0.05) is 5.92 Å². The summed E-state index contributed by atoms with van der Waals surface area (Å²) in [6.45, 7) is 4.50. The minimum atomic E-state index is -4.89. The lowest BCUT2D eigenvalue weighted by molar-refractivity contribution is -0.697. The zero-order chi connectivity index (χ0) is 23.9. The molecule has 2 aromatic carbocycles. The molecule has 3 aromatic rings. The van der Waals surface area contributed by atoms with E-state index < -0.39 is 7.82 Å². The van der Waals surface area contributed by atoms with Crippen LogP contribution in [0.2, 0.25) is 0 Å². The van der Waals surface area contributed by atoms with E-state index in [0.29, 0.717) is 5.92 Å². The zero-order valence-electron chi connectivity index (χ0n) is 19.5. The highest BCUT2D eigenvalue weighted by Gasteiger charge is 2.14. The van der Waals surface area contributed by atoms with Crippen LogP contribution in [0.15, 0.2) is 79.4 Å². The lowest BCUT2D eigenvalue weighted by atomic mass is 9.87. The second-order valence-electron chi connectivity index (χ2n) is 8.31. The maximum atomic E-state index is 8.77. The van der Waals surface area contributed by atoms with Crippen LogP contribution in [0.4, 0.5) is 0 Å². The number of imidazole rings is 1. The van der Waals surface area contributed by atoms with Crippen molar-refractivity contribution in [2.75, 3.05) is 0 Å². The van der Waals surface area contributed by atoms with E-state index in [0.717, 1.165) is 13.1 Å². The summed E-state index contributed by atoms with van der Waals surface area (Å²) in [7, 11) is -4.89. The molecule has 7 heteroatoms. The molecule has 0 spiro atoms. The van der Waals surface area contributed by atoms with E-state index in [2.05, 4.69) is 95.4 Å². The highest BCUT2D eigenvalue weighted by atomic mass is 31.2. The Labute approximate surface area is 197 Å². The summed E-state index contributed by atoms with van der Waals surface area (Å²) in [5, 5.41) is 0. The third kappa shape index (κ3) is 12.0. The third-order valence-corrected chi connectivity index (χ3v) is 5.58. The molecule has 0 saturated heterocycles. The standard InChI is InChI=1S/C26H35N2.H3O4P/c1-2-3-4-5-12-19-27-21-22-28(23-27)20-13-18-26(24-14-8-6-9-15-24)25-16-10-7-11-17-25;1-5(2,3)4/h6-11,14-17,21-23,26H,2-5,12-13,18-20H2,1H3;(H3,1,2,3,4)/q+1;/p-1. The normalized spacial score (nSPS) is 11.3. The number of unbranched alkanes of at least 4 members (excludes halogenated alkanes) is 4. The van der Waals surface area contributed by atoms with E-state index in [-0.39, 0.29) is 0 Å². The van der Waals surface area contributed by atoms with E-state index in [1.165, 1.54) is 56.1 Å². The minimum absolute atomic E-state index is 0.476. The van der Waals surface area contributed by atoms with Gasteiger partial charge in [0.15, 0.2) is 0 Å². The van der Waals surface area contributed by atoms with E-state index in [1.807, 2.05) is 0 Å². The molecule has 33 heavy (non-hydrogen) atoms. The van der Waals surface area contributed by atoms with Crippen LogP contribution in [0.5, 0.6) is 0 Å². The van der Waals surface area contributed by atoms with Gasteiger partial charge in [-0.1, -0.05) is 86.8 Å². The number of phosphoric acid groups is 1. The van der Waals surface area contributed by atoms with Crippen molar-refractivity contribution in [1.29, 1.82) is 0 Å². The fraction of sp³-hybridized carbons (Fsp3) is 0.423. The second kappa shape index (κ2) is 14.8. The van der Waals surface area contributed by atoms with Gasteiger partial charge in [-0.3, -0.25) is 4.57 Å². The van der Waals surface area contributed by atoms with Crippen molar-refractivity contribution < 1.29 is 23.8 Å². The predicted octanol–water partition coefficient (Wildman–Crippen LogP) is 4.80. The molecule has 0 atom stereocenters. The molecular formula is C26H37N2O4P. The second-order valence-corrected chi connectivity index (χ2v) is 9.29. The molecule has 0 saturated carbocycles. The number of hydrogen-bond acceptors (Lipinski definition) is 2.